The lowest BCUT2D eigenvalue weighted by atomic mass is 10.1. The van der Waals surface area contributed by atoms with Crippen molar-refractivity contribution in [1.29, 1.82) is 0 Å². The Morgan fingerprint density at radius 2 is 1.93 bits per heavy atom. The Morgan fingerprint density at radius 1 is 1.20 bits per heavy atom. The molecule has 1 aromatic carbocycles. The second-order valence-electron chi connectivity index (χ2n) is 3.29. The zero-order valence-corrected chi connectivity index (χ0v) is 8.87. The molecular formula is C11H9F2NS. The lowest BCUT2D eigenvalue weighted by molar-refractivity contribution is 0.589. The maximum absolute atomic E-state index is 13.5. The second kappa shape index (κ2) is 3.62. The van der Waals surface area contributed by atoms with Crippen molar-refractivity contribution in [3.8, 4) is 10.4 Å². The average Bonchev–Trinajstić information content (AvgIpc) is 2.58. The zero-order valence-electron chi connectivity index (χ0n) is 8.05. The van der Waals surface area contributed by atoms with E-state index in [9.17, 15) is 8.78 Å². The highest BCUT2D eigenvalue weighted by molar-refractivity contribution is 7.13. The van der Waals surface area contributed by atoms with Gasteiger partial charge in [-0.15, -0.1) is 11.3 Å². The summed E-state index contributed by atoms with van der Waals surface area (Å²) in [6.07, 6.45) is 0. The van der Waals surface area contributed by atoms with E-state index < -0.39 is 11.6 Å². The van der Waals surface area contributed by atoms with Gasteiger partial charge >= 0.3 is 0 Å². The van der Waals surface area contributed by atoms with Gasteiger partial charge in [0.2, 0.25) is 0 Å². The summed E-state index contributed by atoms with van der Waals surface area (Å²) in [7, 11) is 0. The van der Waals surface area contributed by atoms with E-state index in [1.165, 1.54) is 17.4 Å². The van der Waals surface area contributed by atoms with Crippen molar-refractivity contribution in [1.82, 2.24) is 0 Å². The third-order valence-electron chi connectivity index (χ3n) is 2.19. The standard InChI is InChI=1S/C11H9F2NS/c1-6-2-3-15-11(6)7-4-10(14)9(13)5-8(7)12/h2-5H,14H2,1H3. The van der Waals surface area contributed by atoms with Crippen LogP contribution in [-0.2, 0) is 0 Å². The predicted octanol–water partition coefficient (Wildman–Crippen LogP) is 3.58. The third-order valence-corrected chi connectivity index (χ3v) is 3.24. The molecular weight excluding hydrogens is 216 g/mol. The Hall–Kier alpha value is -1.42. The largest absolute Gasteiger partial charge is 0.396 e. The molecule has 2 N–H and O–H groups in total. The molecule has 0 saturated carbocycles. The molecule has 0 bridgehead atoms. The van der Waals surface area contributed by atoms with Gasteiger partial charge in [-0.1, -0.05) is 0 Å². The van der Waals surface area contributed by atoms with Gasteiger partial charge in [0.1, 0.15) is 11.6 Å². The Kier molecular flexibility index (Phi) is 2.44. The quantitative estimate of drug-likeness (QED) is 0.737. The number of hydrogen-bond acceptors (Lipinski definition) is 2. The average molecular weight is 225 g/mol. The first kappa shape index (κ1) is 10.1. The number of anilines is 1. The lowest BCUT2D eigenvalue weighted by Crippen LogP contribution is -1.94. The van der Waals surface area contributed by atoms with Gasteiger partial charge < -0.3 is 5.73 Å². The minimum atomic E-state index is -0.717. The van der Waals surface area contributed by atoms with Crippen LogP contribution in [0.2, 0.25) is 0 Å². The molecule has 0 unspecified atom stereocenters. The number of nitrogens with two attached hydrogens (primary N) is 1. The van der Waals surface area contributed by atoms with E-state index in [2.05, 4.69) is 0 Å². The van der Waals surface area contributed by atoms with E-state index in [1.54, 1.807) is 0 Å². The van der Waals surface area contributed by atoms with Crippen LogP contribution in [0.25, 0.3) is 10.4 Å². The summed E-state index contributed by atoms with van der Waals surface area (Å²) in [6.45, 7) is 1.88. The van der Waals surface area contributed by atoms with Gasteiger partial charge in [0, 0.05) is 16.5 Å². The van der Waals surface area contributed by atoms with Gasteiger partial charge in [0.05, 0.1) is 5.69 Å². The Morgan fingerprint density at radius 3 is 2.53 bits per heavy atom. The summed E-state index contributed by atoms with van der Waals surface area (Å²) in [5.74, 6) is -1.29. The number of nitrogen functional groups attached to an aromatic ring is 1. The number of rotatable bonds is 1. The minimum Gasteiger partial charge on any atom is -0.396 e. The highest BCUT2D eigenvalue weighted by Crippen LogP contribution is 2.33. The molecule has 1 heterocycles. The molecule has 0 aliphatic heterocycles. The smallest absolute Gasteiger partial charge is 0.149 e. The summed E-state index contributed by atoms with van der Waals surface area (Å²) in [5, 5.41) is 1.86. The summed E-state index contributed by atoms with van der Waals surface area (Å²) in [6, 6.07) is 4.05. The molecule has 1 aromatic heterocycles. The Bertz CT molecular complexity index is 505. The van der Waals surface area contributed by atoms with Gasteiger partial charge in [-0.05, 0) is 30.0 Å². The number of aryl methyl sites for hydroxylation is 1. The first-order valence-electron chi connectivity index (χ1n) is 4.38. The van der Waals surface area contributed by atoms with Crippen molar-refractivity contribution < 1.29 is 8.78 Å². The number of thiophene rings is 1. The van der Waals surface area contributed by atoms with Crippen LogP contribution >= 0.6 is 11.3 Å². The molecule has 0 aliphatic rings. The molecule has 2 aromatic rings. The van der Waals surface area contributed by atoms with Crippen LogP contribution in [0.5, 0.6) is 0 Å². The van der Waals surface area contributed by atoms with Crippen LogP contribution in [-0.4, -0.2) is 0 Å². The first-order chi connectivity index (χ1) is 7.09. The molecule has 0 radical (unpaired) electrons. The highest BCUT2D eigenvalue weighted by Gasteiger charge is 2.12. The Labute approximate surface area is 90.2 Å². The van der Waals surface area contributed by atoms with Crippen molar-refractivity contribution >= 4 is 17.0 Å². The van der Waals surface area contributed by atoms with E-state index >= 15 is 0 Å². The fourth-order valence-electron chi connectivity index (χ4n) is 1.39. The molecule has 0 atom stereocenters. The number of benzene rings is 1. The fraction of sp³-hybridized carbons (Fsp3) is 0.0909. The van der Waals surface area contributed by atoms with Crippen LogP contribution in [0.3, 0.4) is 0 Å². The van der Waals surface area contributed by atoms with Gasteiger partial charge in [0.15, 0.2) is 0 Å². The molecule has 0 spiro atoms. The van der Waals surface area contributed by atoms with Crippen molar-refractivity contribution in [3.05, 3.63) is 40.8 Å². The first-order valence-corrected chi connectivity index (χ1v) is 5.26. The number of hydrogen-bond donors (Lipinski definition) is 1. The molecule has 0 fully saturated rings. The van der Waals surface area contributed by atoms with Gasteiger partial charge in [-0.25, -0.2) is 8.78 Å². The van der Waals surface area contributed by atoms with Crippen molar-refractivity contribution in [3.63, 3.8) is 0 Å². The third kappa shape index (κ3) is 1.72. The monoisotopic (exact) mass is 225 g/mol. The highest BCUT2D eigenvalue weighted by atomic mass is 32.1. The fourth-order valence-corrected chi connectivity index (χ4v) is 2.33. The summed E-state index contributed by atoms with van der Waals surface area (Å²) in [5.41, 5.74) is 6.71. The van der Waals surface area contributed by atoms with Gasteiger partial charge in [-0.2, -0.15) is 0 Å². The van der Waals surface area contributed by atoms with Crippen molar-refractivity contribution in [2.45, 2.75) is 6.92 Å². The SMILES string of the molecule is Cc1ccsc1-c1cc(N)c(F)cc1F. The summed E-state index contributed by atoms with van der Waals surface area (Å²) >= 11 is 1.41. The van der Waals surface area contributed by atoms with Gasteiger partial charge in [0.25, 0.3) is 0 Å². The van der Waals surface area contributed by atoms with E-state index in [0.29, 0.717) is 5.56 Å². The van der Waals surface area contributed by atoms with Crippen molar-refractivity contribution in [2.24, 2.45) is 0 Å². The molecule has 78 valence electrons. The second-order valence-corrected chi connectivity index (χ2v) is 4.20. The van der Waals surface area contributed by atoms with Gasteiger partial charge in [-0.3, -0.25) is 0 Å². The lowest BCUT2D eigenvalue weighted by Gasteiger charge is -2.04. The molecule has 0 aliphatic carbocycles. The molecule has 1 nitrogen and oxygen atoms in total. The van der Waals surface area contributed by atoms with Crippen LogP contribution in [0.4, 0.5) is 14.5 Å². The van der Waals surface area contributed by atoms with Crippen LogP contribution in [0.1, 0.15) is 5.56 Å². The minimum absolute atomic E-state index is 0.0285. The molecule has 15 heavy (non-hydrogen) atoms. The van der Waals surface area contributed by atoms with E-state index in [0.717, 1.165) is 16.5 Å². The maximum Gasteiger partial charge on any atom is 0.149 e. The molecule has 0 amide bonds. The van der Waals surface area contributed by atoms with Crippen LogP contribution in [0, 0.1) is 18.6 Å². The zero-order chi connectivity index (χ0) is 11.0. The topological polar surface area (TPSA) is 26.0 Å². The molecule has 4 heteroatoms. The van der Waals surface area contributed by atoms with Crippen molar-refractivity contribution in [2.75, 3.05) is 5.73 Å². The van der Waals surface area contributed by atoms with E-state index in [1.807, 2.05) is 18.4 Å². The molecule has 2 rings (SSSR count). The van der Waals surface area contributed by atoms with Crippen LogP contribution < -0.4 is 5.73 Å². The predicted molar refractivity (Wildman–Crippen MR) is 58.8 cm³/mol. The summed E-state index contributed by atoms with van der Waals surface area (Å²) in [4.78, 5) is 0.791. The number of halogens is 2. The Balaban J connectivity index is 2.64. The van der Waals surface area contributed by atoms with E-state index in [-0.39, 0.29) is 5.69 Å². The molecule has 0 saturated heterocycles. The normalized spacial score (nSPS) is 10.6. The summed E-state index contributed by atoms with van der Waals surface area (Å²) < 4.78 is 26.4. The van der Waals surface area contributed by atoms with E-state index in [4.69, 9.17) is 5.73 Å². The van der Waals surface area contributed by atoms with Crippen LogP contribution in [0.15, 0.2) is 23.6 Å². The maximum atomic E-state index is 13.5.